The first-order valence-corrected chi connectivity index (χ1v) is 9.56. The van der Waals surface area contributed by atoms with Crippen LogP contribution >= 0.6 is 11.6 Å². The SMILES string of the molecule is COc1ccc(NC(=O)CN2CCN(c3ccc(C(C)=O)cc3)CC2)cc1Cl. The Morgan fingerprint density at radius 3 is 2.32 bits per heavy atom. The zero-order valence-corrected chi connectivity index (χ0v) is 16.8. The average Bonchev–Trinajstić information content (AvgIpc) is 2.69. The number of nitrogens with zero attached hydrogens (tertiary/aromatic N) is 2. The van der Waals surface area contributed by atoms with E-state index in [1.165, 1.54) is 0 Å². The molecule has 0 unspecified atom stereocenters. The van der Waals surface area contributed by atoms with Gasteiger partial charge in [0.1, 0.15) is 5.75 Å². The van der Waals surface area contributed by atoms with Crippen molar-refractivity contribution in [3.63, 3.8) is 0 Å². The third kappa shape index (κ3) is 5.03. The van der Waals surface area contributed by atoms with Gasteiger partial charge in [-0.1, -0.05) is 11.6 Å². The summed E-state index contributed by atoms with van der Waals surface area (Å²) >= 11 is 6.10. The Morgan fingerprint density at radius 1 is 1.07 bits per heavy atom. The number of piperazine rings is 1. The largest absolute Gasteiger partial charge is 0.495 e. The minimum absolute atomic E-state index is 0.0690. The van der Waals surface area contributed by atoms with Crippen LogP contribution in [0, 0.1) is 0 Å². The summed E-state index contributed by atoms with van der Waals surface area (Å²) in [6, 6.07) is 12.9. The maximum atomic E-state index is 12.3. The van der Waals surface area contributed by atoms with Crippen molar-refractivity contribution >= 4 is 34.7 Å². The minimum atomic E-state index is -0.0690. The first-order chi connectivity index (χ1) is 13.5. The Morgan fingerprint density at radius 2 is 1.75 bits per heavy atom. The highest BCUT2D eigenvalue weighted by Gasteiger charge is 2.19. The fourth-order valence-electron chi connectivity index (χ4n) is 3.22. The van der Waals surface area contributed by atoms with Gasteiger partial charge in [0.05, 0.1) is 18.7 Å². The average molecular weight is 402 g/mol. The molecule has 0 spiro atoms. The fourth-order valence-corrected chi connectivity index (χ4v) is 3.48. The van der Waals surface area contributed by atoms with Crippen LogP contribution in [0.2, 0.25) is 5.02 Å². The molecule has 2 aromatic carbocycles. The van der Waals surface area contributed by atoms with E-state index in [0.717, 1.165) is 37.4 Å². The van der Waals surface area contributed by atoms with Crippen LogP contribution in [0.5, 0.6) is 5.75 Å². The summed E-state index contributed by atoms with van der Waals surface area (Å²) in [5, 5.41) is 3.34. The Kier molecular flexibility index (Phi) is 6.54. The summed E-state index contributed by atoms with van der Waals surface area (Å²) in [5.74, 6) is 0.577. The zero-order chi connectivity index (χ0) is 20.1. The molecule has 28 heavy (non-hydrogen) atoms. The number of benzene rings is 2. The molecule has 0 aromatic heterocycles. The Hall–Kier alpha value is -2.57. The van der Waals surface area contributed by atoms with Crippen LogP contribution in [0.15, 0.2) is 42.5 Å². The minimum Gasteiger partial charge on any atom is -0.495 e. The van der Waals surface area contributed by atoms with Gasteiger partial charge in [0.15, 0.2) is 5.78 Å². The summed E-state index contributed by atoms with van der Waals surface area (Å²) in [7, 11) is 1.55. The number of carbonyl (C=O) groups excluding carboxylic acids is 2. The van der Waals surface area contributed by atoms with E-state index in [4.69, 9.17) is 16.3 Å². The molecule has 1 heterocycles. The van der Waals surface area contributed by atoms with E-state index in [1.54, 1.807) is 32.2 Å². The zero-order valence-electron chi connectivity index (χ0n) is 16.1. The summed E-state index contributed by atoms with van der Waals surface area (Å²) < 4.78 is 5.12. The van der Waals surface area contributed by atoms with E-state index in [-0.39, 0.29) is 11.7 Å². The van der Waals surface area contributed by atoms with Crippen LogP contribution in [0.1, 0.15) is 17.3 Å². The molecule has 1 aliphatic rings. The number of ketones is 1. The lowest BCUT2D eigenvalue weighted by Crippen LogP contribution is -2.48. The molecule has 1 saturated heterocycles. The summed E-state index contributed by atoms with van der Waals surface area (Å²) in [4.78, 5) is 28.1. The lowest BCUT2D eigenvalue weighted by molar-refractivity contribution is -0.117. The highest BCUT2D eigenvalue weighted by Crippen LogP contribution is 2.27. The van der Waals surface area contributed by atoms with Crippen molar-refractivity contribution in [3.8, 4) is 5.75 Å². The van der Waals surface area contributed by atoms with Gasteiger partial charge >= 0.3 is 0 Å². The molecule has 0 saturated carbocycles. The Labute approximate surface area is 170 Å². The molecule has 2 aromatic rings. The number of halogens is 1. The number of rotatable bonds is 6. The lowest BCUT2D eigenvalue weighted by Gasteiger charge is -2.35. The van der Waals surface area contributed by atoms with Gasteiger partial charge in [-0.25, -0.2) is 0 Å². The van der Waals surface area contributed by atoms with Crippen LogP contribution in [0.3, 0.4) is 0 Å². The van der Waals surface area contributed by atoms with Gasteiger partial charge in [-0.3, -0.25) is 14.5 Å². The van der Waals surface area contributed by atoms with Gasteiger partial charge in [-0.2, -0.15) is 0 Å². The predicted molar refractivity (Wildman–Crippen MR) is 112 cm³/mol. The topological polar surface area (TPSA) is 61.9 Å². The molecule has 0 radical (unpaired) electrons. The van der Waals surface area contributed by atoms with Crippen LogP contribution in [-0.2, 0) is 4.79 Å². The van der Waals surface area contributed by atoms with Crippen LogP contribution in [-0.4, -0.2) is 56.4 Å². The van der Waals surface area contributed by atoms with E-state index in [2.05, 4.69) is 15.1 Å². The first-order valence-electron chi connectivity index (χ1n) is 9.18. The Balaban J connectivity index is 1.49. The van der Waals surface area contributed by atoms with E-state index in [0.29, 0.717) is 23.0 Å². The number of ether oxygens (including phenoxy) is 1. The number of methoxy groups -OCH3 is 1. The number of nitrogens with one attached hydrogen (secondary N) is 1. The van der Waals surface area contributed by atoms with Gasteiger partial charge in [-0.05, 0) is 49.4 Å². The van der Waals surface area contributed by atoms with E-state index in [1.807, 2.05) is 24.3 Å². The third-order valence-corrected chi connectivity index (χ3v) is 5.11. The second-order valence-electron chi connectivity index (χ2n) is 6.76. The molecule has 0 atom stereocenters. The third-order valence-electron chi connectivity index (χ3n) is 4.81. The smallest absolute Gasteiger partial charge is 0.238 e. The standard InChI is InChI=1S/C21H24ClN3O3/c1-15(26)16-3-6-18(7-4-16)25-11-9-24(10-12-25)14-21(27)23-17-5-8-20(28-2)19(22)13-17/h3-8,13H,9-12,14H2,1-2H3,(H,23,27). The number of hydrogen-bond acceptors (Lipinski definition) is 5. The van der Waals surface area contributed by atoms with Crippen molar-refractivity contribution in [3.05, 3.63) is 53.1 Å². The van der Waals surface area contributed by atoms with Crippen molar-refractivity contribution in [1.82, 2.24) is 4.90 Å². The van der Waals surface area contributed by atoms with Crippen LogP contribution in [0.4, 0.5) is 11.4 Å². The number of amides is 1. The molecule has 6 nitrogen and oxygen atoms in total. The van der Waals surface area contributed by atoms with Crippen LogP contribution in [0.25, 0.3) is 0 Å². The molecule has 1 fully saturated rings. The second-order valence-corrected chi connectivity index (χ2v) is 7.17. The van der Waals surface area contributed by atoms with E-state index >= 15 is 0 Å². The maximum Gasteiger partial charge on any atom is 0.238 e. The molecule has 0 aliphatic carbocycles. The number of hydrogen-bond donors (Lipinski definition) is 1. The summed E-state index contributed by atoms with van der Waals surface area (Å²) in [5.41, 5.74) is 2.47. The number of anilines is 2. The molecule has 0 bridgehead atoms. The summed E-state index contributed by atoms with van der Waals surface area (Å²) in [6.07, 6.45) is 0. The molecule has 148 valence electrons. The van der Waals surface area contributed by atoms with Crippen molar-refractivity contribution < 1.29 is 14.3 Å². The first kappa shape index (κ1) is 20.2. The molecule has 1 aliphatic heterocycles. The lowest BCUT2D eigenvalue weighted by atomic mass is 10.1. The molecule has 1 N–H and O–H groups in total. The molecule has 3 rings (SSSR count). The van der Waals surface area contributed by atoms with Crippen molar-refractivity contribution in [2.45, 2.75) is 6.92 Å². The molecule has 7 heteroatoms. The monoisotopic (exact) mass is 401 g/mol. The quantitative estimate of drug-likeness (QED) is 0.752. The summed E-state index contributed by atoms with van der Waals surface area (Å²) in [6.45, 7) is 5.16. The maximum absolute atomic E-state index is 12.3. The van der Waals surface area contributed by atoms with Gasteiger partial charge in [-0.15, -0.1) is 0 Å². The van der Waals surface area contributed by atoms with Gasteiger partial charge in [0.2, 0.25) is 5.91 Å². The normalized spacial score (nSPS) is 14.6. The molecular weight excluding hydrogens is 378 g/mol. The molecular formula is C21H24ClN3O3. The molecule has 1 amide bonds. The van der Waals surface area contributed by atoms with Crippen LogP contribution < -0.4 is 15.0 Å². The van der Waals surface area contributed by atoms with E-state index in [9.17, 15) is 9.59 Å². The van der Waals surface area contributed by atoms with Crippen molar-refractivity contribution in [1.29, 1.82) is 0 Å². The Bertz CT molecular complexity index is 846. The van der Waals surface area contributed by atoms with Gasteiger partial charge in [0.25, 0.3) is 0 Å². The second kappa shape index (κ2) is 9.08. The number of carbonyl (C=O) groups is 2. The number of Topliss-reactive ketones (excluding diaryl/α,β-unsaturated/α-hetero) is 1. The highest BCUT2D eigenvalue weighted by atomic mass is 35.5. The van der Waals surface area contributed by atoms with Gasteiger partial charge < -0.3 is 15.0 Å². The van der Waals surface area contributed by atoms with E-state index < -0.39 is 0 Å². The predicted octanol–water partition coefficient (Wildman–Crippen LogP) is 3.31. The van der Waals surface area contributed by atoms with Crippen molar-refractivity contribution in [2.24, 2.45) is 0 Å². The highest BCUT2D eigenvalue weighted by molar-refractivity contribution is 6.32. The van der Waals surface area contributed by atoms with Crippen molar-refractivity contribution in [2.75, 3.05) is 50.1 Å². The van der Waals surface area contributed by atoms with Gasteiger partial charge in [0, 0.05) is 43.1 Å². The fraction of sp³-hybridized carbons (Fsp3) is 0.333.